The fourth-order valence-corrected chi connectivity index (χ4v) is 3.99. The summed E-state index contributed by atoms with van der Waals surface area (Å²) in [6.45, 7) is 0. The van der Waals surface area contributed by atoms with Gasteiger partial charge in [0.2, 0.25) is 0 Å². The van der Waals surface area contributed by atoms with Crippen LogP contribution in [0.1, 0.15) is 29.5 Å². The van der Waals surface area contributed by atoms with Crippen LogP contribution in [0.4, 0.5) is 13.2 Å². The van der Waals surface area contributed by atoms with E-state index in [2.05, 4.69) is 0 Å². The minimum absolute atomic E-state index is 0.304. The Morgan fingerprint density at radius 3 is 1.15 bits per heavy atom. The zero-order chi connectivity index (χ0) is 18.6. The van der Waals surface area contributed by atoms with E-state index in [9.17, 15) is 13.2 Å². The Bertz CT molecular complexity index is 729. The molecule has 0 bridgehead atoms. The van der Waals surface area contributed by atoms with Crippen molar-refractivity contribution >= 4 is 22.5 Å². The van der Waals surface area contributed by atoms with E-state index in [0.717, 1.165) is 34.0 Å². The van der Waals surface area contributed by atoms with Crippen molar-refractivity contribution in [2.24, 2.45) is 0 Å². The van der Waals surface area contributed by atoms with Gasteiger partial charge in [0.1, 0.15) is 0 Å². The molecular formula is C22H18F3Sn. The Balaban J connectivity index is 2.27. The Labute approximate surface area is 165 Å². The normalized spacial score (nSPS) is 11.5. The third kappa shape index (κ3) is 3.82. The number of benzene rings is 3. The van der Waals surface area contributed by atoms with Crippen LogP contribution >= 0.6 is 0 Å². The van der Waals surface area contributed by atoms with Crippen molar-refractivity contribution in [3.8, 4) is 0 Å². The van der Waals surface area contributed by atoms with E-state index in [1.807, 2.05) is 0 Å². The quantitative estimate of drug-likeness (QED) is 0.324. The molecule has 0 spiro atoms. The second-order valence-electron chi connectivity index (χ2n) is 6.28. The summed E-state index contributed by atoms with van der Waals surface area (Å²) in [4.78, 5) is 0. The van der Waals surface area contributed by atoms with Gasteiger partial charge in [-0.1, -0.05) is 0 Å². The average molecular weight is 458 g/mol. The SMILES string of the molecule is Fc1ccc(C(CC[CH2][Sn])(c2ccc(F)cc2)c2ccc(F)cc2)cc1. The first-order valence-corrected chi connectivity index (χ1v) is 10.5. The van der Waals surface area contributed by atoms with Crippen molar-refractivity contribution in [2.75, 3.05) is 0 Å². The molecule has 3 aromatic carbocycles. The minimum atomic E-state index is -0.578. The molecule has 4 heteroatoms. The van der Waals surface area contributed by atoms with E-state index in [4.69, 9.17) is 0 Å². The summed E-state index contributed by atoms with van der Waals surface area (Å²) in [5, 5.41) is 0. The molecule has 0 aliphatic carbocycles. The predicted molar refractivity (Wildman–Crippen MR) is 98.9 cm³/mol. The molecule has 3 rings (SSSR count). The summed E-state index contributed by atoms with van der Waals surface area (Å²) in [6, 6.07) is 19.2. The zero-order valence-electron chi connectivity index (χ0n) is 14.2. The van der Waals surface area contributed by atoms with E-state index in [1.54, 1.807) is 36.4 Å². The second-order valence-corrected chi connectivity index (χ2v) is 7.71. The molecule has 0 N–H and O–H groups in total. The molecule has 0 aliphatic heterocycles. The molecule has 3 aromatic rings. The van der Waals surface area contributed by atoms with Gasteiger partial charge in [-0.05, 0) is 0 Å². The molecule has 0 atom stereocenters. The first-order valence-electron chi connectivity index (χ1n) is 8.49. The van der Waals surface area contributed by atoms with E-state index in [0.29, 0.717) is 0 Å². The molecular weight excluding hydrogens is 440 g/mol. The number of rotatable bonds is 6. The average Bonchev–Trinajstić information content (AvgIpc) is 2.66. The number of hydrogen-bond acceptors (Lipinski definition) is 0. The summed E-state index contributed by atoms with van der Waals surface area (Å²) < 4.78 is 41.7. The maximum atomic E-state index is 13.5. The molecule has 0 saturated heterocycles. The molecule has 0 unspecified atom stereocenters. The van der Waals surface area contributed by atoms with Crippen LogP contribution < -0.4 is 0 Å². The van der Waals surface area contributed by atoms with Crippen molar-refractivity contribution in [1.29, 1.82) is 0 Å². The Hall–Kier alpha value is -1.75. The van der Waals surface area contributed by atoms with Gasteiger partial charge in [0.25, 0.3) is 0 Å². The number of halogens is 3. The summed E-state index contributed by atoms with van der Waals surface area (Å²) in [5.74, 6) is -0.913. The fraction of sp³-hybridized carbons (Fsp3) is 0.182. The van der Waals surface area contributed by atoms with Crippen LogP contribution in [0.2, 0.25) is 4.44 Å². The van der Waals surface area contributed by atoms with E-state index >= 15 is 0 Å². The topological polar surface area (TPSA) is 0 Å². The molecule has 0 aromatic heterocycles. The summed E-state index contributed by atoms with van der Waals surface area (Å²) in [5.41, 5.74) is 2.18. The number of hydrogen-bond donors (Lipinski definition) is 0. The van der Waals surface area contributed by atoms with Crippen molar-refractivity contribution in [1.82, 2.24) is 0 Å². The van der Waals surface area contributed by atoms with Crippen molar-refractivity contribution in [3.05, 3.63) is 107 Å². The van der Waals surface area contributed by atoms with Gasteiger partial charge in [0.15, 0.2) is 0 Å². The molecule has 0 fully saturated rings. The van der Waals surface area contributed by atoms with Crippen LogP contribution in [0, 0.1) is 17.5 Å². The van der Waals surface area contributed by atoms with Crippen molar-refractivity contribution < 1.29 is 13.2 Å². The van der Waals surface area contributed by atoms with Crippen LogP contribution in [-0.2, 0) is 5.41 Å². The van der Waals surface area contributed by atoms with Crippen LogP contribution in [-0.4, -0.2) is 22.5 Å². The van der Waals surface area contributed by atoms with Crippen LogP contribution in [0.15, 0.2) is 72.8 Å². The predicted octanol–water partition coefficient (Wildman–Crippen LogP) is 5.81. The zero-order valence-corrected chi connectivity index (χ0v) is 17.0. The second kappa shape index (κ2) is 8.29. The molecule has 0 aliphatic rings. The fourth-order valence-electron chi connectivity index (χ4n) is 3.49. The Morgan fingerprint density at radius 1 is 0.577 bits per heavy atom. The first-order chi connectivity index (χ1) is 12.6. The molecule has 0 heterocycles. The standard InChI is InChI=1S/C22H18F3.Sn/c1-2-15-22(16-3-9-19(23)10-4-16,17-5-11-20(24)12-6-17)18-7-13-21(25)14-8-18;/h3-14H,1-2,15H2;. The van der Waals surface area contributed by atoms with Crippen LogP contribution in [0.25, 0.3) is 0 Å². The first kappa shape index (κ1) is 19.0. The summed E-state index contributed by atoms with van der Waals surface area (Å²) in [6.07, 6.45) is 1.74. The van der Waals surface area contributed by atoms with Gasteiger partial charge in [0, 0.05) is 0 Å². The van der Waals surface area contributed by atoms with Gasteiger partial charge in [-0.15, -0.1) is 0 Å². The van der Waals surface area contributed by atoms with Gasteiger partial charge in [0.05, 0.1) is 0 Å². The van der Waals surface area contributed by atoms with Crippen LogP contribution in [0.5, 0.6) is 0 Å². The molecule has 26 heavy (non-hydrogen) atoms. The van der Waals surface area contributed by atoms with Crippen molar-refractivity contribution in [3.63, 3.8) is 0 Å². The molecule has 3 radical (unpaired) electrons. The monoisotopic (exact) mass is 459 g/mol. The van der Waals surface area contributed by atoms with E-state index < -0.39 is 5.41 Å². The molecule has 0 nitrogen and oxygen atoms in total. The third-order valence-electron chi connectivity index (χ3n) is 4.74. The summed E-state index contributed by atoms with van der Waals surface area (Å²) in [7, 11) is 0. The van der Waals surface area contributed by atoms with E-state index in [1.165, 1.54) is 58.9 Å². The van der Waals surface area contributed by atoms with Gasteiger partial charge in [-0.3, -0.25) is 0 Å². The maximum absolute atomic E-state index is 13.5. The van der Waals surface area contributed by atoms with Gasteiger partial charge in [-0.2, -0.15) is 0 Å². The molecule has 0 amide bonds. The molecule has 131 valence electrons. The van der Waals surface area contributed by atoms with Gasteiger partial charge >= 0.3 is 165 Å². The van der Waals surface area contributed by atoms with Crippen molar-refractivity contribution in [2.45, 2.75) is 22.7 Å². The van der Waals surface area contributed by atoms with Gasteiger partial charge in [-0.25, -0.2) is 0 Å². The summed E-state index contributed by atoms with van der Waals surface area (Å²) >= 11 is 1.44. The Morgan fingerprint density at radius 2 is 0.885 bits per heavy atom. The van der Waals surface area contributed by atoms with Gasteiger partial charge < -0.3 is 0 Å². The van der Waals surface area contributed by atoms with E-state index in [-0.39, 0.29) is 17.5 Å². The molecule has 0 saturated carbocycles. The third-order valence-corrected chi connectivity index (χ3v) is 5.75. The Kier molecular flexibility index (Phi) is 6.07. The van der Waals surface area contributed by atoms with Crippen LogP contribution in [0.3, 0.4) is 0 Å².